The highest BCUT2D eigenvalue weighted by molar-refractivity contribution is 6.04. The van der Waals surface area contributed by atoms with E-state index < -0.39 is 11.4 Å². The second-order valence-electron chi connectivity index (χ2n) is 4.76. The minimum Gasteiger partial charge on any atom is -0.480 e. The van der Waals surface area contributed by atoms with Gasteiger partial charge in [0.25, 0.3) is 0 Å². The zero-order chi connectivity index (χ0) is 13.9. The second kappa shape index (κ2) is 5.50. The van der Waals surface area contributed by atoms with Crippen LogP contribution in [0.3, 0.4) is 0 Å². The molecular formula is C14H16O5. The maximum absolute atomic E-state index is 12.0. The van der Waals surface area contributed by atoms with Crippen LogP contribution < -0.4 is 0 Å². The number of hydrogen-bond acceptors (Lipinski definition) is 4. The van der Waals surface area contributed by atoms with Gasteiger partial charge in [0.1, 0.15) is 0 Å². The average molecular weight is 264 g/mol. The number of carboxylic acids is 1. The Morgan fingerprint density at radius 2 is 1.89 bits per heavy atom. The Kier molecular flexibility index (Phi) is 3.97. The van der Waals surface area contributed by atoms with E-state index in [1.807, 2.05) is 0 Å². The molecule has 5 nitrogen and oxygen atoms in total. The molecule has 0 bridgehead atoms. The van der Waals surface area contributed by atoms with Crippen molar-refractivity contribution in [2.24, 2.45) is 5.41 Å². The number of carbonyl (C=O) groups excluding carboxylic acids is 1. The number of hydrogen-bond donors (Lipinski definition) is 2. The Hall–Kier alpha value is -1.72. The van der Waals surface area contributed by atoms with Gasteiger partial charge in [0.15, 0.2) is 11.2 Å². The molecule has 19 heavy (non-hydrogen) atoms. The van der Waals surface area contributed by atoms with E-state index in [0.29, 0.717) is 0 Å². The summed E-state index contributed by atoms with van der Waals surface area (Å²) in [5.74, 6) is -1.42. The van der Waals surface area contributed by atoms with E-state index >= 15 is 0 Å². The van der Waals surface area contributed by atoms with Crippen molar-refractivity contribution in [2.75, 3.05) is 13.2 Å². The molecule has 0 radical (unpaired) electrons. The van der Waals surface area contributed by atoms with E-state index in [-0.39, 0.29) is 38.4 Å². The van der Waals surface area contributed by atoms with Crippen LogP contribution in [0.2, 0.25) is 0 Å². The quantitative estimate of drug-likeness (QED) is 0.785. The van der Waals surface area contributed by atoms with Crippen LogP contribution in [0.25, 0.3) is 0 Å². The van der Waals surface area contributed by atoms with Crippen molar-refractivity contribution < 1.29 is 24.5 Å². The number of ether oxygens (including phenoxy) is 1. The summed E-state index contributed by atoms with van der Waals surface area (Å²) >= 11 is 0. The van der Waals surface area contributed by atoms with Gasteiger partial charge in [-0.3, -0.25) is 9.59 Å². The second-order valence-corrected chi connectivity index (χ2v) is 4.76. The van der Waals surface area contributed by atoms with Crippen molar-refractivity contribution in [2.45, 2.75) is 19.4 Å². The lowest BCUT2D eigenvalue weighted by atomic mass is 9.76. The monoisotopic (exact) mass is 264 g/mol. The largest absolute Gasteiger partial charge is 0.480 e. The van der Waals surface area contributed by atoms with Gasteiger partial charge < -0.3 is 14.9 Å². The molecular weight excluding hydrogens is 248 g/mol. The molecule has 0 aromatic heterocycles. The molecule has 1 aliphatic rings. The molecule has 1 saturated heterocycles. The van der Waals surface area contributed by atoms with E-state index in [1.54, 1.807) is 24.3 Å². The molecule has 1 fully saturated rings. The molecule has 0 amide bonds. The van der Waals surface area contributed by atoms with Gasteiger partial charge in [-0.1, -0.05) is 24.3 Å². The van der Waals surface area contributed by atoms with Crippen LogP contribution in [-0.2, 0) is 27.4 Å². The summed E-state index contributed by atoms with van der Waals surface area (Å²) in [5, 5.41) is 18.3. The Bertz CT molecular complexity index is 479. The van der Waals surface area contributed by atoms with Gasteiger partial charge in [0.05, 0.1) is 19.8 Å². The van der Waals surface area contributed by atoms with Gasteiger partial charge in [0.2, 0.25) is 0 Å². The van der Waals surface area contributed by atoms with Crippen molar-refractivity contribution in [3.05, 3.63) is 35.4 Å². The van der Waals surface area contributed by atoms with E-state index in [9.17, 15) is 14.7 Å². The van der Waals surface area contributed by atoms with Crippen molar-refractivity contribution in [3.8, 4) is 0 Å². The normalized spacial score (nSPS) is 23.3. The number of aliphatic hydroxyl groups excluding tert-OH is 1. The highest BCUT2D eigenvalue weighted by Crippen LogP contribution is 2.30. The molecule has 1 aromatic rings. The van der Waals surface area contributed by atoms with Crippen LogP contribution in [0.1, 0.15) is 17.5 Å². The number of rotatable bonds is 4. The molecule has 1 heterocycles. The molecule has 102 valence electrons. The molecule has 5 heteroatoms. The highest BCUT2D eigenvalue weighted by atomic mass is 16.5. The number of Topliss-reactive ketones (excluding diaryl/α,β-unsaturated/α-hetero) is 1. The van der Waals surface area contributed by atoms with Crippen LogP contribution in [0.5, 0.6) is 0 Å². The summed E-state index contributed by atoms with van der Waals surface area (Å²) in [7, 11) is 0. The summed E-state index contributed by atoms with van der Waals surface area (Å²) in [6.45, 7) is 0.145. The van der Waals surface area contributed by atoms with Crippen LogP contribution in [0.4, 0.5) is 0 Å². The predicted octanol–water partition coefficient (Wildman–Crippen LogP) is 0.782. The molecule has 1 unspecified atom stereocenters. The maximum atomic E-state index is 12.0. The van der Waals surface area contributed by atoms with Gasteiger partial charge in [-0.05, 0) is 17.5 Å². The molecule has 0 saturated carbocycles. The third-order valence-corrected chi connectivity index (χ3v) is 3.48. The Labute approximate surface area is 110 Å². The summed E-state index contributed by atoms with van der Waals surface area (Å²) in [6, 6.07) is 6.91. The fourth-order valence-electron chi connectivity index (χ4n) is 2.25. The first-order valence-electron chi connectivity index (χ1n) is 6.11. The summed E-state index contributed by atoms with van der Waals surface area (Å²) in [6.07, 6.45) is 0.258. The average Bonchev–Trinajstić information content (AvgIpc) is 2.42. The lowest BCUT2D eigenvalue weighted by molar-refractivity contribution is -0.164. The molecule has 1 atom stereocenters. The Morgan fingerprint density at radius 3 is 2.42 bits per heavy atom. The first kappa shape index (κ1) is 13.7. The molecule has 1 aliphatic heterocycles. The Morgan fingerprint density at radius 1 is 1.26 bits per heavy atom. The summed E-state index contributed by atoms with van der Waals surface area (Å²) < 4.78 is 5.19. The minimum absolute atomic E-state index is 0.0631. The fourth-order valence-corrected chi connectivity index (χ4v) is 2.25. The molecule has 0 spiro atoms. The van der Waals surface area contributed by atoms with Crippen LogP contribution in [0.15, 0.2) is 24.3 Å². The van der Waals surface area contributed by atoms with E-state index in [4.69, 9.17) is 9.84 Å². The number of ketones is 1. The van der Waals surface area contributed by atoms with Gasteiger partial charge in [-0.2, -0.15) is 0 Å². The zero-order valence-corrected chi connectivity index (χ0v) is 10.5. The number of benzene rings is 1. The topological polar surface area (TPSA) is 83.8 Å². The number of aliphatic carboxylic acids is 1. The van der Waals surface area contributed by atoms with E-state index in [1.165, 1.54) is 0 Å². The van der Waals surface area contributed by atoms with Crippen molar-refractivity contribution in [1.29, 1.82) is 0 Å². The van der Waals surface area contributed by atoms with Gasteiger partial charge in [0, 0.05) is 6.42 Å². The SMILES string of the molecule is O=C(O)C1(Cc2ccc(CO)cc2)COCCC1=O. The van der Waals surface area contributed by atoms with Crippen molar-refractivity contribution in [1.82, 2.24) is 0 Å². The smallest absolute Gasteiger partial charge is 0.319 e. The predicted molar refractivity (Wildman–Crippen MR) is 66.6 cm³/mol. The van der Waals surface area contributed by atoms with Crippen molar-refractivity contribution >= 4 is 11.8 Å². The lowest BCUT2D eigenvalue weighted by Gasteiger charge is -2.31. The molecule has 2 N–H and O–H groups in total. The van der Waals surface area contributed by atoms with Gasteiger partial charge in [-0.15, -0.1) is 0 Å². The fraction of sp³-hybridized carbons (Fsp3) is 0.429. The van der Waals surface area contributed by atoms with E-state index in [2.05, 4.69) is 0 Å². The third-order valence-electron chi connectivity index (χ3n) is 3.48. The molecule has 1 aromatic carbocycles. The summed E-state index contributed by atoms with van der Waals surface area (Å²) in [4.78, 5) is 23.5. The number of carbonyl (C=O) groups is 2. The van der Waals surface area contributed by atoms with Crippen LogP contribution in [0, 0.1) is 5.41 Å². The summed E-state index contributed by atoms with van der Waals surface area (Å²) in [5.41, 5.74) is 0.0247. The van der Waals surface area contributed by atoms with Crippen molar-refractivity contribution in [3.63, 3.8) is 0 Å². The number of carboxylic acid groups (broad SMARTS) is 1. The standard InChI is InChI=1S/C14H16O5/c15-8-11-3-1-10(2-4-11)7-14(13(17)18)9-19-6-5-12(14)16/h1-4,15H,5-9H2,(H,17,18). The number of aliphatic hydroxyl groups is 1. The van der Waals surface area contributed by atoms with Crippen LogP contribution >= 0.6 is 0 Å². The first-order valence-corrected chi connectivity index (χ1v) is 6.11. The lowest BCUT2D eigenvalue weighted by Crippen LogP contribution is -2.48. The highest BCUT2D eigenvalue weighted by Gasteiger charge is 2.47. The first-order chi connectivity index (χ1) is 9.08. The molecule has 0 aliphatic carbocycles. The maximum Gasteiger partial charge on any atom is 0.319 e. The van der Waals surface area contributed by atoms with Gasteiger partial charge >= 0.3 is 5.97 Å². The van der Waals surface area contributed by atoms with Crippen LogP contribution in [-0.4, -0.2) is 35.2 Å². The van der Waals surface area contributed by atoms with E-state index in [0.717, 1.165) is 11.1 Å². The zero-order valence-electron chi connectivity index (χ0n) is 10.5. The molecule has 2 rings (SSSR count). The van der Waals surface area contributed by atoms with Gasteiger partial charge in [-0.25, -0.2) is 0 Å². The Balaban J connectivity index is 2.25. The minimum atomic E-state index is -1.47. The third kappa shape index (κ3) is 2.67.